The molecule has 0 spiro atoms. The zero-order chi connectivity index (χ0) is 25.4. The van der Waals surface area contributed by atoms with E-state index in [4.69, 9.17) is 0 Å². The van der Waals surface area contributed by atoms with Gasteiger partial charge in [-0.05, 0) is 60.7 Å². The Labute approximate surface area is 193 Å². The van der Waals surface area contributed by atoms with Gasteiger partial charge in [0, 0.05) is 28.9 Å². The van der Waals surface area contributed by atoms with Gasteiger partial charge < -0.3 is 0 Å². The van der Waals surface area contributed by atoms with E-state index in [2.05, 4.69) is 9.97 Å². The van der Waals surface area contributed by atoms with Crippen molar-refractivity contribution in [2.45, 2.75) is 12.4 Å². The Hall–Kier alpha value is -4.28. The van der Waals surface area contributed by atoms with E-state index in [1.807, 2.05) is 0 Å². The monoisotopic (exact) mass is 489 g/mol. The lowest BCUT2D eigenvalue weighted by molar-refractivity contribution is -0.138. The fourth-order valence-electron chi connectivity index (χ4n) is 3.30. The number of carbonyl (C=O) groups is 2. The van der Waals surface area contributed by atoms with Crippen LogP contribution in [0.4, 0.5) is 32.2 Å². The van der Waals surface area contributed by atoms with Crippen molar-refractivity contribution in [1.82, 2.24) is 9.97 Å². The first kappa shape index (κ1) is 23.9. The SMILES string of the molecule is O=C(c1ccc(C(F)(F)F)cc1)N(C(=O)c1ccc(C(F)(F)F)cc1)c1nccc2cccnc12. The Kier molecular flexibility index (Phi) is 6.01. The molecule has 5 nitrogen and oxygen atoms in total. The maximum atomic E-state index is 13.4. The lowest BCUT2D eigenvalue weighted by Crippen LogP contribution is -2.38. The highest BCUT2D eigenvalue weighted by Gasteiger charge is 2.34. The first-order valence-corrected chi connectivity index (χ1v) is 9.90. The molecule has 0 bridgehead atoms. The number of halogens is 6. The normalized spacial score (nSPS) is 11.9. The predicted octanol–water partition coefficient (Wildman–Crippen LogP) is 6.15. The quantitative estimate of drug-likeness (QED) is 0.256. The van der Waals surface area contributed by atoms with Crippen LogP contribution in [0, 0.1) is 0 Å². The van der Waals surface area contributed by atoms with Gasteiger partial charge in [0.1, 0.15) is 5.52 Å². The third-order valence-electron chi connectivity index (χ3n) is 5.04. The van der Waals surface area contributed by atoms with Gasteiger partial charge in [-0.2, -0.15) is 26.3 Å². The molecule has 0 aliphatic rings. The Morgan fingerprint density at radius 2 is 1.11 bits per heavy atom. The molecule has 0 saturated heterocycles. The van der Waals surface area contributed by atoms with E-state index in [0.717, 1.165) is 24.3 Å². The van der Waals surface area contributed by atoms with Crippen molar-refractivity contribution in [1.29, 1.82) is 0 Å². The predicted molar refractivity (Wildman–Crippen MR) is 114 cm³/mol. The number of carbonyl (C=O) groups excluding carboxylic acids is 2. The summed E-state index contributed by atoms with van der Waals surface area (Å²) in [4.78, 5) is 35.5. The molecule has 0 saturated carbocycles. The van der Waals surface area contributed by atoms with Crippen molar-refractivity contribution in [3.8, 4) is 0 Å². The molecule has 178 valence electrons. The lowest BCUT2D eigenvalue weighted by Gasteiger charge is -2.21. The second-order valence-electron chi connectivity index (χ2n) is 7.31. The zero-order valence-corrected chi connectivity index (χ0v) is 17.4. The molecule has 0 fully saturated rings. The Morgan fingerprint density at radius 1 is 0.629 bits per heavy atom. The van der Waals surface area contributed by atoms with Crippen molar-refractivity contribution in [2.75, 3.05) is 4.90 Å². The Balaban J connectivity index is 1.82. The van der Waals surface area contributed by atoms with Crippen LogP contribution >= 0.6 is 0 Å². The molecule has 35 heavy (non-hydrogen) atoms. The maximum absolute atomic E-state index is 13.4. The second-order valence-corrected chi connectivity index (χ2v) is 7.31. The average molecular weight is 489 g/mol. The highest BCUT2D eigenvalue weighted by Crippen LogP contribution is 2.32. The largest absolute Gasteiger partial charge is 0.416 e. The van der Waals surface area contributed by atoms with Gasteiger partial charge in [-0.15, -0.1) is 0 Å². The molecule has 0 atom stereocenters. The topological polar surface area (TPSA) is 63.2 Å². The van der Waals surface area contributed by atoms with Gasteiger partial charge in [0.15, 0.2) is 5.82 Å². The number of pyridine rings is 2. The van der Waals surface area contributed by atoms with Crippen LogP contribution in [0.1, 0.15) is 31.8 Å². The fraction of sp³-hybridized carbons (Fsp3) is 0.0833. The summed E-state index contributed by atoms with van der Waals surface area (Å²) in [5.74, 6) is -2.29. The summed E-state index contributed by atoms with van der Waals surface area (Å²) in [5.41, 5.74) is -2.41. The summed E-state index contributed by atoms with van der Waals surface area (Å²) < 4.78 is 77.6. The van der Waals surface area contributed by atoms with E-state index >= 15 is 0 Å². The van der Waals surface area contributed by atoms with E-state index in [9.17, 15) is 35.9 Å². The van der Waals surface area contributed by atoms with Gasteiger partial charge in [0.25, 0.3) is 11.8 Å². The van der Waals surface area contributed by atoms with Crippen LogP contribution in [0.5, 0.6) is 0 Å². The molecule has 0 N–H and O–H groups in total. The van der Waals surface area contributed by atoms with E-state index in [1.165, 1.54) is 12.4 Å². The van der Waals surface area contributed by atoms with Gasteiger partial charge in [-0.3, -0.25) is 14.6 Å². The molecule has 2 amide bonds. The molecule has 2 heterocycles. The summed E-state index contributed by atoms with van der Waals surface area (Å²) >= 11 is 0. The molecule has 2 aromatic heterocycles. The van der Waals surface area contributed by atoms with Crippen molar-refractivity contribution in [2.24, 2.45) is 0 Å². The minimum atomic E-state index is -4.64. The van der Waals surface area contributed by atoms with Crippen LogP contribution in [0.25, 0.3) is 10.9 Å². The Morgan fingerprint density at radius 3 is 1.57 bits per heavy atom. The maximum Gasteiger partial charge on any atom is 0.416 e. The number of hydrogen-bond acceptors (Lipinski definition) is 4. The van der Waals surface area contributed by atoms with Crippen LogP contribution in [-0.4, -0.2) is 21.8 Å². The molecule has 2 aromatic carbocycles. The van der Waals surface area contributed by atoms with Crippen molar-refractivity contribution >= 4 is 28.5 Å². The van der Waals surface area contributed by atoms with Crippen molar-refractivity contribution in [3.05, 3.63) is 101 Å². The minimum Gasteiger partial charge on any atom is -0.268 e. The smallest absolute Gasteiger partial charge is 0.268 e. The van der Waals surface area contributed by atoms with Gasteiger partial charge in [-0.25, -0.2) is 9.88 Å². The molecule has 0 aliphatic carbocycles. The summed E-state index contributed by atoms with van der Waals surface area (Å²) in [6.45, 7) is 0. The minimum absolute atomic E-state index is 0.135. The number of hydrogen-bond donors (Lipinski definition) is 0. The van der Waals surface area contributed by atoms with Crippen molar-refractivity contribution < 1.29 is 35.9 Å². The number of alkyl halides is 6. The van der Waals surface area contributed by atoms with Crippen LogP contribution in [-0.2, 0) is 12.4 Å². The number of imide groups is 1. The number of nitrogens with zero attached hydrogens (tertiary/aromatic N) is 3. The highest BCUT2D eigenvalue weighted by molar-refractivity contribution is 6.27. The summed E-state index contributed by atoms with van der Waals surface area (Å²) in [7, 11) is 0. The summed E-state index contributed by atoms with van der Waals surface area (Å²) in [5, 5.41) is 0.503. The van der Waals surface area contributed by atoms with Crippen LogP contribution in [0.3, 0.4) is 0 Å². The van der Waals surface area contributed by atoms with Crippen LogP contribution in [0.15, 0.2) is 79.1 Å². The van der Waals surface area contributed by atoms with Gasteiger partial charge in [0.2, 0.25) is 0 Å². The second kappa shape index (κ2) is 8.82. The van der Waals surface area contributed by atoms with Crippen molar-refractivity contribution in [3.63, 3.8) is 0 Å². The molecular formula is C24H13F6N3O2. The zero-order valence-electron chi connectivity index (χ0n) is 17.4. The third-order valence-corrected chi connectivity index (χ3v) is 5.04. The Bertz CT molecular complexity index is 1320. The summed E-state index contributed by atoms with van der Waals surface area (Å²) in [6.07, 6.45) is -6.60. The summed E-state index contributed by atoms with van der Waals surface area (Å²) in [6, 6.07) is 11.1. The lowest BCUT2D eigenvalue weighted by atomic mass is 10.1. The average Bonchev–Trinajstić information content (AvgIpc) is 2.83. The standard InChI is InChI=1S/C24H13F6N3O2/c25-23(26,27)17-7-3-15(4-8-17)21(34)33(20-19-14(11-13-32-20)2-1-12-31-19)22(35)16-5-9-18(10-6-16)24(28,29)30/h1-13H. The molecule has 4 rings (SSSR count). The molecule has 0 unspecified atom stereocenters. The van der Waals surface area contributed by atoms with Gasteiger partial charge >= 0.3 is 12.4 Å². The van der Waals surface area contributed by atoms with E-state index < -0.39 is 35.3 Å². The molecular weight excluding hydrogens is 476 g/mol. The first-order chi connectivity index (χ1) is 16.5. The number of fused-ring (bicyclic) bond motifs is 1. The first-order valence-electron chi connectivity index (χ1n) is 9.90. The highest BCUT2D eigenvalue weighted by atomic mass is 19.4. The van der Waals surface area contributed by atoms with E-state index in [-0.39, 0.29) is 22.5 Å². The molecule has 11 heteroatoms. The van der Waals surface area contributed by atoms with Crippen LogP contribution in [0.2, 0.25) is 0 Å². The van der Waals surface area contributed by atoms with E-state index in [1.54, 1.807) is 18.2 Å². The van der Waals surface area contributed by atoms with E-state index in [0.29, 0.717) is 34.6 Å². The molecule has 0 radical (unpaired) electrons. The fourth-order valence-corrected chi connectivity index (χ4v) is 3.30. The molecule has 0 aliphatic heterocycles. The number of anilines is 1. The van der Waals surface area contributed by atoms with Gasteiger partial charge in [0.05, 0.1) is 11.1 Å². The molecule has 4 aromatic rings. The number of amides is 2. The number of benzene rings is 2. The third kappa shape index (κ3) is 4.84. The van der Waals surface area contributed by atoms with Crippen LogP contribution < -0.4 is 4.90 Å². The number of rotatable bonds is 3. The van der Waals surface area contributed by atoms with Gasteiger partial charge in [-0.1, -0.05) is 6.07 Å². The number of aromatic nitrogens is 2.